The summed E-state index contributed by atoms with van der Waals surface area (Å²) in [4.78, 5) is 7.58. The first kappa shape index (κ1) is 51.2. The molecule has 73 heavy (non-hydrogen) atoms. The van der Waals surface area contributed by atoms with Gasteiger partial charge in [0.15, 0.2) is 0 Å². The van der Waals surface area contributed by atoms with Crippen molar-refractivity contribution in [2.45, 2.75) is 33.6 Å². The maximum atomic E-state index is 5.20. The highest BCUT2D eigenvalue weighted by molar-refractivity contribution is 7.77. The molecule has 2 heterocycles. The zero-order valence-electron chi connectivity index (χ0n) is 41.7. The van der Waals surface area contributed by atoms with E-state index in [0.717, 1.165) is 46.7 Å². The number of fused-ring (bicyclic) bond motifs is 7. The largest absolute Gasteiger partial charge is 0.338 e. The molecular weight excluding hydrogens is 925 g/mol. The van der Waals surface area contributed by atoms with Crippen molar-refractivity contribution in [2.24, 2.45) is 5.14 Å². The second-order valence-corrected chi connectivity index (χ2v) is 18.5. The molecule has 4 nitrogen and oxygen atoms in total. The lowest BCUT2D eigenvalue weighted by Gasteiger charge is -2.24. The Bertz CT molecular complexity index is 3580. The van der Waals surface area contributed by atoms with E-state index >= 15 is 0 Å². The van der Waals surface area contributed by atoms with E-state index < -0.39 is 0 Å². The molecule has 6 heteroatoms. The molecule has 0 amide bonds. The summed E-state index contributed by atoms with van der Waals surface area (Å²) >= 11 is 4.79. The quantitative estimate of drug-likeness (QED) is 0.0621. The molecule has 0 radical (unpaired) electrons. The number of thiazole rings is 1. The SMILES string of the molecule is C#C.C/C=C\C=C/CN(C1=CCC=C(/C(C)=C/c2c(C)n(-c3ccc(-c4ccc5c(c4)-c4ccccc4Cc4ccccc4-5)cc3)c3cc4nc(-c5ccccc5)sc4cc23)C=C1)c1ccccc1.C=C.NS. The third kappa shape index (κ3) is 10.9. The molecule has 2 aliphatic rings. The Morgan fingerprint density at radius 2 is 1.36 bits per heavy atom. The van der Waals surface area contributed by atoms with Gasteiger partial charge in [0.2, 0.25) is 0 Å². The van der Waals surface area contributed by atoms with Crippen LogP contribution in [0.1, 0.15) is 42.7 Å². The molecule has 0 unspecified atom stereocenters. The van der Waals surface area contributed by atoms with Crippen LogP contribution in [0.2, 0.25) is 0 Å². The number of allylic oxidation sites excluding steroid dienone is 9. The van der Waals surface area contributed by atoms with Gasteiger partial charge in [-0.3, -0.25) is 5.14 Å². The number of aromatic nitrogens is 2. The average molecular weight is 985 g/mol. The molecule has 7 aromatic carbocycles. The molecule has 2 aromatic heterocycles. The number of hydrogen-bond donors (Lipinski definition) is 2. The third-order valence-corrected chi connectivity index (χ3v) is 14.3. The van der Waals surface area contributed by atoms with Gasteiger partial charge in [-0.05, 0) is 144 Å². The van der Waals surface area contributed by atoms with Crippen LogP contribution in [0.5, 0.6) is 0 Å². The van der Waals surface area contributed by atoms with Crippen LogP contribution in [0.15, 0.2) is 242 Å². The number of hydrogen-bond acceptors (Lipinski definition) is 5. The van der Waals surface area contributed by atoms with Gasteiger partial charge in [0.25, 0.3) is 0 Å². The number of thiol groups is 1. The number of nitrogens with zero attached hydrogens (tertiary/aromatic N) is 3. The van der Waals surface area contributed by atoms with Crippen LogP contribution in [0.3, 0.4) is 0 Å². The zero-order valence-corrected chi connectivity index (χ0v) is 43.5. The summed E-state index contributed by atoms with van der Waals surface area (Å²) in [5.74, 6) is 0. The molecule has 0 atom stereocenters. The summed E-state index contributed by atoms with van der Waals surface area (Å²) in [6.45, 7) is 13.3. The van der Waals surface area contributed by atoms with Crippen LogP contribution in [-0.4, -0.2) is 16.1 Å². The highest BCUT2D eigenvalue weighted by Crippen LogP contribution is 2.43. The highest BCUT2D eigenvalue weighted by atomic mass is 32.1. The first-order valence-electron chi connectivity index (χ1n) is 24.4. The third-order valence-electron chi connectivity index (χ3n) is 13.3. The smallest absolute Gasteiger partial charge is 0.124 e. The van der Waals surface area contributed by atoms with Gasteiger partial charge in [0, 0.05) is 45.8 Å². The molecule has 11 rings (SSSR count). The Labute approximate surface area is 441 Å². The second-order valence-electron chi connectivity index (χ2n) is 17.4. The van der Waals surface area contributed by atoms with E-state index in [9.17, 15) is 0 Å². The maximum Gasteiger partial charge on any atom is 0.124 e. The first-order chi connectivity index (χ1) is 36.0. The van der Waals surface area contributed by atoms with Gasteiger partial charge in [-0.2, -0.15) is 0 Å². The van der Waals surface area contributed by atoms with Gasteiger partial charge < -0.3 is 9.47 Å². The number of benzene rings is 7. The van der Waals surface area contributed by atoms with Crippen LogP contribution in [0.4, 0.5) is 5.69 Å². The van der Waals surface area contributed by atoms with E-state index in [0.29, 0.717) is 0 Å². The van der Waals surface area contributed by atoms with Crippen molar-refractivity contribution in [3.8, 4) is 62.5 Å². The van der Waals surface area contributed by atoms with Crippen LogP contribution in [0, 0.1) is 19.8 Å². The highest BCUT2D eigenvalue weighted by Gasteiger charge is 2.21. The van der Waals surface area contributed by atoms with Crippen molar-refractivity contribution >= 4 is 57.0 Å². The van der Waals surface area contributed by atoms with Crippen LogP contribution < -0.4 is 10.0 Å². The maximum absolute atomic E-state index is 5.20. The van der Waals surface area contributed by atoms with Crippen molar-refractivity contribution in [2.75, 3.05) is 11.4 Å². The van der Waals surface area contributed by atoms with Gasteiger partial charge >= 0.3 is 0 Å². The van der Waals surface area contributed by atoms with Crippen molar-refractivity contribution in [3.63, 3.8) is 0 Å². The van der Waals surface area contributed by atoms with Gasteiger partial charge in [0.05, 0.1) is 15.7 Å². The number of para-hydroxylation sites is 1. The Balaban J connectivity index is 0.00000114. The predicted octanol–water partition coefficient (Wildman–Crippen LogP) is 17.8. The molecule has 0 saturated heterocycles. The predicted molar refractivity (Wildman–Crippen MR) is 321 cm³/mol. The summed E-state index contributed by atoms with van der Waals surface area (Å²) in [6, 6.07) is 59.8. The normalized spacial score (nSPS) is 12.7. The molecule has 2 aliphatic carbocycles. The van der Waals surface area contributed by atoms with Gasteiger partial charge in [0.1, 0.15) is 5.01 Å². The standard InChI is InChI=1S/C63H51N3S.C2H4.C2H2.H3NS/c1-4-5-6-17-37-65(51-24-11-8-12-25-51)52-26-18-23-45(29-33-52)43(2)38-57-44(3)66(61-42-60-62(41-59(57)61)67-63(64-60)47-19-9-7-10-20-47)53-34-30-46(31-35-53)48-32-36-56-54-27-15-13-21-49(54)39-50-22-14-16-28-55(50)58(56)40-48;3*1-2/h4-17,19-36,38,40-42H,18,37,39H2,1-3H3;1-2H2;1-2H;2H,1H2/b5-4-,17-6-,43-38+;;;. The Kier molecular flexibility index (Phi) is 17.0. The minimum Gasteiger partial charge on any atom is -0.338 e. The van der Waals surface area contributed by atoms with Crippen LogP contribution >= 0.6 is 24.2 Å². The summed E-state index contributed by atoms with van der Waals surface area (Å²) in [6.07, 6.45) is 29.9. The molecule has 0 fully saturated rings. The summed E-state index contributed by atoms with van der Waals surface area (Å²) in [7, 11) is 0. The fourth-order valence-electron chi connectivity index (χ4n) is 9.88. The lowest BCUT2D eigenvalue weighted by molar-refractivity contribution is 1.03. The van der Waals surface area contributed by atoms with E-state index in [4.69, 9.17) is 4.98 Å². The molecule has 360 valence electrons. The van der Waals surface area contributed by atoms with Crippen LogP contribution in [0.25, 0.3) is 76.8 Å². The average Bonchev–Trinajstić information content (AvgIpc) is 3.81. The topological polar surface area (TPSA) is 47.1 Å². The van der Waals surface area contributed by atoms with Crippen molar-refractivity contribution < 1.29 is 0 Å². The van der Waals surface area contributed by atoms with Gasteiger partial charge in [-0.25, -0.2) is 4.98 Å². The first-order valence-corrected chi connectivity index (χ1v) is 25.7. The number of nitrogens with two attached hydrogens (primary N) is 1. The molecular formula is C67H60N4S2. The van der Waals surface area contributed by atoms with E-state index in [-0.39, 0.29) is 0 Å². The van der Waals surface area contributed by atoms with E-state index in [1.54, 1.807) is 11.3 Å². The zero-order chi connectivity index (χ0) is 51.3. The van der Waals surface area contributed by atoms with E-state index in [1.165, 1.54) is 88.4 Å². The minimum absolute atomic E-state index is 0.781. The molecule has 0 spiro atoms. The molecule has 0 saturated carbocycles. The number of rotatable bonds is 10. The molecule has 0 bridgehead atoms. The lowest BCUT2D eigenvalue weighted by atomic mass is 9.91. The number of terminal acetylenes is 1. The molecule has 2 N–H and O–H groups in total. The second kappa shape index (κ2) is 24.3. The van der Waals surface area contributed by atoms with Crippen molar-refractivity contribution in [1.29, 1.82) is 0 Å². The Hall–Kier alpha value is -8.18. The lowest BCUT2D eigenvalue weighted by Crippen LogP contribution is -2.21. The van der Waals surface area contributed by atoms with Crippen LogP contribution in [-0.2, 0) is 6.42 Å². The fraction of sp³-hybridized carbons (Fsp3) is 0.0896. The summed E-state index contributed by atoms with van der Waals surface area (Å²) < 4.78 is 3.62. The van der Waals surface area contributed by atoms with Crippen molar-refractivity contribution in [3.05, 3.63) is 265 Å². The van der Waals surface area contributed by atoms with Gasteiger partial charge in [-0.1, -0.05) is 164 Å². The monoisotopic (exact) mass is 984 g/mol. The Morgan fingerprint density at radius 1 is 0.712 bits per heavy atom. The van der Waals surface area contributed by atoms with Crippen molar-refractivity contribution in [1.82, 2.24) is 9.55 Å². The molecule has 0 aliphatic heterocycles. The number of anilines is 1. The minimum atomic E-state index is 0.781. The molecule has 9 aromatic rings. The fourth-order valence-corrected chi connectivity index (χ4v) is 10.9. The van der Waals surface area contributed by atoms with E-state index in [1.807, 2.05) is 6.92 Å². The Morgan fingerprint density at radius 3 is 2.05 bits per heavy atom. The summed E-state index contributed by atoms with van der Waals surface area (Å²) in [5.41, 5.74) is 22.1. The van der Waals surface area contributed by atoms with E-state index in [2.05, 4.69) is 286 Å². The summed E-state index contributed by atoms with van der Waals surface area (Å²) in [5, 5.41) is 6.46. The van der Waals surface area contributed by atoms with Gasteiger partial charge in [-0.15, -0.1) is 50.2 Å².